The number of benzene rings is 2. The number of esters is 2. The fourth-order valence-corrected chi connectivity index (χ4v) is 2.21. The quantitative estimate of drug-likeness (QED) is 0.505. The Balaban J connectivity index is 2.31. The summed E-state index contributed by atoms with van der Waals surface area (Å²) in [5.41, 5.74) is -0.853. The minimum atomic E-state index is -5.69. The lowest BCUT2D eigenvalue weighted by Gasteiger charge is -2.25. The van der Waals surface area contributed by atoms with Crippen LogP contribution in [0.5, 0.6) is 0 Å². The number of ketones is 1. The number of alkyl halides is 6. The maximum absolute atomic E-state index is 13.2. The van der Waals surface area contributed by atoms with Crippen molar-refractivity contribution in [3.63, 3.8) is 0 Å². The van der Waals surface area contributed by atoms with Crippen LogP contribution in [0, 0.1) is 0 Å². The third-order valence-corrected chi connectivity index (χ3v) is 3.58. The van der Waals surface area contributed by atoms with Crippen LogP contribution < -0.4 is 0 Å². The highest BCUT2D eigenvalue weighted by Gasteiger charge is 2.58. The fourth-order valence-electron chi connectivity index (χ4n) is 2.21. The highest BCUT2D eigenvalue weighted by Crippen LogP contribution is 2.32. The molecule has 0 aliphatic heterocycles. The van der Waals surface area contributed by atoms with Crippen molar-refractivity contribution in [1.82, 2.24) is 0 Å². The summed E-state index contributed by atoms with van der Waals surface area (Å²) in [6.45, 7) is 0. The van der Waals surface area contributed by atoms with Gasteiger partial charge in [0.1, 0.15) is 0 Å². The summed E-state index contributed by atoms with van der Waals surface area (Å²) in [5.74, 6) is -6.05. The molecule has 2 aromatic carbocycles. The lowest BCUT2D eigenvalue weighted by atomic mass is 10.1. The maximum atomic E-state index is 13.2. The van der Waals surface area contributed by atoms with Crippen molar-refractivity contribution in [2.45, 2.75) is 24.6 Å². The second-order valence-corrected chi connectivity index (χ2v) is 5.79. The molecular formula is C19H12F6O5. The van der Waals surface area contributed by atoms with Crippen LogP contribution in [0.15, 0.2) is 60.7 Å². The van der Waals surface area contributed by atoms with Gasteiger partial charge in [0.25, 0.3) is 12.2 Å². The van der Waals surface area contributed by atoms with E-state index in [1.165, 1.54) is 36.4 Å². The summed E-state index contributed by atoms with van der Waals surface area (Å²) in [7, 11) is 0. The first-order valence-corrected chi connectivity index (χ1v) is 8.10. The van der Waals surface area contributed by atoms with Crippen LogP contribution in [0.3, 0.4) is 0 Å². The van der Waals surface area contributed by atoms with E-state index in [0.29, 0.717) is 0 Å². The van der Waals surface area contributed by atoms with Gasteiger partial charge in [-0.05, 0) is 24.3 Å². The molecule has 0 aromatic heterocycles. The summed E-state index contributed by atoms with van der Waals surface area (Å²) in [5, 5.41) is 0. The summed E-state index contributed by atoms with van der Waals surface area (Å²) < 4.78 is 87.5. The molecule has 0 spiro atoms. The van der Waals surface area contributed by atoms with Gasteiger partial charge in [0, 0.05) is 0 Å². The topological polar surface area (TPSA) is 69.7 Å². The fraction of sp³-hybridized carbons (Fsp3) is 0.211. The van der Waals surface area contributed by atoms with Gasteiger partial charge in [-0.25, -0.2) is 9.59 Å². The number of rotatable bonds is 6. The molecule has 0 aliphatic rings. The Morgan fingerprint density at radius 2 is 0.900 bits per heavy atom. The molecule has 2 aromatic rings. The highest BCUT2D eigenvalue weighted by atomic mass is 19.4. The summed E-state index contributed by atoms with van der Waals surface area (Å²) in [6, 6.07) is 12.1. The molecule has 0 saturated carbocycles. The molecule has 0 N–H and O–H groups in total. The third kappa shape index (κ3) is 5.82. The molecule has 5 nitrogen and oxygen atoms in total. The van der Waals surface area contributed by atoms with E-state index >= 15 is 0 Å². The van der Waals surface area contributed by atoms with Crippen LogP contribution in [0.1, 0.15) is 20.7 Å². The Bertz CT molecular complexity index is 820. The predicted molar refractivity (Wildman–Crippen MR) is 88.4 cm³/mol. The van der Waals surface area contributed by atoms with Crippen LogP contribution >= 0.6 is 0 Å². The first kappa shape index (κ1) is 22.9. The molecule has 0 fully saturated rings. The Labute approximate surface area is 165 Å². The zero-order valence-electron chi connectivity index (χ0n) is 14.7. The van der Waals surface area contributed by atoms with Crippen LogP contribution in [-0.4, -0.2) is 42.3 Å². The van der Waals surface area contributed by atoms with E-state index in [4.69, 9.17) is 0 Å². The van der Waals surface area contributed by atoms with Crippen molar-refractivity contribution in [2.24, 2.45) is 0 Å². The standard InChI is InChI=1S/C19H12F6O5/c20-18(21,22)14(29-16(27)11-7-3-1-4-8-11)13(26)15(19(23,24)25)30-17(28)12-9-5-2-6-10-12/h1-10,14-15H. The Morgan fingerprint density at radius 1 is 0.600 bits per heavy atom. The van der Waals surface area contributed by atoms with Crippen LogP contribution in [0.2, 0.25) is 0 Å². The summed E-state index contributed by atoms with van der Waals surface area (Å²) in [6.07, 6.45) is -19.0. The minimum absolute atomic E-state index is 0.426. The van der Waals surface area contributed by atoms with Gasteiger partial charge in [-0.2, -0.15) is 26.3 Å². The van der Waals surface area contributed by atoms with Gasteiger partial charge >= 0.3 is 24.3 Å². The Kier molecular flexibility index (Phi) is 6.85. The lowest BCUT2D eigenvalue weighted by Crippen LogP contribution is -2.52. The second-order valence-electron chi connectivity index (χ2n) is 5.79. The van der Waals surface area contributed by atoms with Crippen molar-refractivity contribution >= 4 is 17.7 Å². The molecular weight excluding hydrogens is 422 g/mol. The molecule has 0 aliphatic carbocycles. The zero-order valence-corrected chi connectivity index (χ0v) is 14.7. The molecule has 0 bridgehead atoms. The number of hydrogen-bond donors (Lipinski definition) is 0. The molecule has 160 valence electrons. The third-order valence-electron chi connectivity index (χ3n) is 3.58. The first-order chi connectivity index (χ1) is 13.9. The number of carbonyl (C=O) groups is 3. The molecule has 2 unspecified atom stereocenters. The zero-order chi connectivity index (χ0) is 22.5. The summed E-state index contributed by atoms with van der Waals surface area (Å²) in [4.78, 5) is 35.8. The summed E-state index contributed by atoms with van der Waals surface area (Å²) >= 11 is 0. The molecule has 11 heteroatoms. The van der Waals surface area contributed by atoms with E-state index in [2.05, 4.69) is 9.47 Å². The van der Waals surface area contributed by atoms with E-state index in [1.807, 2.05) is 0 Å². The van der Waals surface area contributed by atoms with Crippen molar-refractivity contribution < 1.29 is 50.2 Å². The average Bonchev–Trinajstić information content (AvgIpc) is 2.69. The van der Waals surface area contributed by atoms with Gasteiger partial charge in [-0.1, -0.05) is 36.4 Å². The molecule has 2 rings (SSSR count). The van der Waals surface area contributed by atoms with Gasteiger partial charge < -0.3 is 9.47 Å². The molecule has 2 atom stereocenters. The lowest BCUT2D eigenvalue weighted by molar-refractivity contribution is -0.232. The smallest absolute Gasteiger partial charge is 0.433 e. The van der Waals surface area contributed by atoms with E-state index in [9.17, 15) is 40.7 Å². The second kappa shape index (κ2) is 8.97. The number of ether oxygens (including phenoxy) is 2. The van der Waals surface area contributed by atoms with Crippen LogP contribution in [0.4, 0.5) is 26.3 Å². The minimum Gasteiger partial charge on any atom is -0.441 e. The maximum Gasteiger partial charge on any atom is 0.433 e. The number of carbonyl (C=O) groups excluding carboxylic acids is 3. The van der Waals surface area contributed by atoms with Crippen molar-refractivity contribution in [3.8, 4) is 0 Å². The van der Waals surface area contributed by atoms with E-state index in [-0.39, 0.29) is 0 Å². The van der Waals surface area contributed by atoms with Crippen molar-refractivity contribution in [3.05, 3.63) is 71.8 Å². The van der Waals surface area contributed by atoms with Crippen LogP contribution in [-0.2, 0) is 14.3 Å². The number of halogens is 6. The molecule has 0 heterocycles. The van der Waals surface area contributed by atoms with Gasteiger partial charge in [0.05, 0.1) is 11.1 Å². The Morgan fingerprint density at radius 3 is 1.17 bits per heavy atom. The monoisotopic (exact) mass is 434 g/mol. The number of hydrogen-bond acceptors (Lipinski definition) is 5. The van der Waals surface area contributed by atoms with Gasteiger partial charge in [0.15, 0.2) is 0 Å². The van der Waals surface area contributed by atoms with Gasteiger partial charge in [-0.3, -0.25) is 4.79 Å². The predicted octanol–water partition coefficient (Wildman–Crippen LogP) is 4.13. The van der Waals surface area contributed by atoms with Crippen molar-refractivity contribution in [2.75, 3.05) is 0 Å². The average molecular weight is 434 g/mol. The van der Waals surface area contributed by atoms with Crippen LogP contribution in [0.25, 0.3) is 0 Å². The normalized spacial score (nSPS) is 13.8. The van der Waals surface area contributed by atoms with E-state index in [0.717, 1.165) is 24.3 Å². The Hall–Kier alpha value is -3.37. The van der Waals surface area contributed by atoms with Gasteiger partial charge in [-0.15, -0.1) is 0 Å². The van der Waals surface area contributed by atoms with E-state index < -0.39 is 53.4 Å². The molecule has 30 heavy (non-hydrogen) atoms. The van der Waals surface area contributed by atoms with Crippen molar-refractivity contribution in [1.29, 1.82) is 0 Å². The molecule has 0 amide bonds. The molecule has 0 radical (unpaired) electrons. The largest absolute Gasteiger partial charge is 0.441 e. The van der Waals surface area contributed by atoms with E-state index in [1.54, 1.807) is 0 Å². The SMILES string of the molecule is O=C(OC(C(=O)C(OC(=O)c1ccccc1)C(F)(F)F)C(F)(F)F)c1ccccc1. The van der Waals surface area contributed by atoms with Gasteiger partial charge in [0.2, 0.25) is 5.78 Å². The highest BCUT2D eigenvalue weighted by molar-refractivity contribution is 5.97. The molecule has 0 saturated heterocycles. The number of Topliss-reactive ketones (excluding diaryl/α,β-unsaturated/α-hetero) is 1. The first-order valence-electron chi connectivity index (χ1n) is 8.10.